The minimum absolute atomic E-state index is 0.101. The molecule has 6 nitrogen and oxygen atoms in total. The largest absolute Gasteiger partial charge is 0.369 e. The van der Waals surface area contributed by atoms with Crippen molar-refractivity contribution < 1.29 is 0 Å². The molecule has 0 bridgehead atoms. The minimum atomic E-state index is -0.101. The topological polar surface area (TPSA) is 89.6 Å². The maximum atomic E-state index is 12.6. The molecule has 0 atom stereocenters. The van der Waals surface area contributed by atoms with Gasteiger partial charge >= 0.3 is 0 Å². The van der Waals surface area contributed by atoms with Gasteiger partial charge in [-0.25, -0.2) is 9.97 Å². The molecule has 3 N–H and O–H groups in total. The Labute approximate surface area is 185 Å². The van der Waals surface area contributed by atoms with Crippen LogP contribution in [0.1, 0.15) is 44.3 Å². The van der Waals surface area contributed by atoms with E-state index in [0.29, 0.717) is 27.3 Å². The molecule has 30 heavy (non-hydrogen) atoms. The lowest BCUT2D eigenvalue weighted by molar-refractivity contribution is 0.669. The summed E-state index contributed by atoms with van der Waals surface area (Å²) >= 11 is 11.1. The predicted molar refractivity (Wildman–Crippen MR) is 126 cm³/mol. The normalized spacial score (nSPS) is 15.5. The molecule has 1 aliphatic carbocycles. The quantitative estimate of drug-likeness (QED) is 0.521. The summed E-state index contributed by atoms with van der Waals surface area (Å²) in [5, 5.41) is 1.83. The van der Waals surface area contributed by atoms with Crippen molar-refractivity contribution >= 4 is 51.1 Å². The Hall–Kier alpha value is -2.57. The summed E-state index contributed by atoms with van der Waals surface area (Å²) in [5.41, 5.74) is 7.93. The number of aromatic nitrogens is 4. The van der Waals surface area contributed by atoms with Gasteiger partial charge in [-0.05, 0) is 44.1 Å². The number of aryl methyl sites for hydroxylation is 1. The number of allylic oxidation sites excluding steroid dienone is 5. The Morgan fingerprint density at radius 2 is 1.93 bits per heavy atom. The number of rotatable bonds is 3. The van der Waals surface area contributed by atoms with Gasteiger partial charge in [-0.3, -0.25) is 4.79 Å². The van der Waals surface area contributed by atoms with Crippen LogP contribution in [0.2, 0.25) is 0 Å². The van der Waals surface area contributed by atoms with Gasteiger partial charge in [0.1, 0.15) is 5.82 Å². The number of benzene rings is 1. The van der Waals surface area contributed by atoms with E-state index in [2.05, 4.69) is 21.5 Å². The first-order valence-electron chi connectivity index (χ1n) is 9.78. The average Bonchev–Trinajstić information content (AvgIpc) is 3.31. The fraction of sp³-hybridized carbons (Fsp3) is 0.318. The van der Waals surface area contributed by atoms with Gasteiger partial charge in [0.15, 0.2) is 0 Å². The van der Waals surface area contributed by atoms with Crippen LogP contribution in [0.4, 0.5) is 5.95 Å². The zero-order chi connectivity index (χ0) is 21.8. The van der Waals surface area contributed by atoms with E-state index in [9.17, 15) is 4.79 Å². The first kappa shape index (κ1) is 22.1. The number of hydrogen-bond acceptors (Lipinski definition) is 4. The van der Waals surface area contributed by atoms with Gasteiger partial charge in [0.05, 0.1) is 21.9 Å². The molecule has 3 aromatic rings. The predicted octanol–water partition coefficient (Wildman–Crippen LogP) is 5.49. The molecular formula is C22H25Cl2N5O. The Bertz CT molecular complexity index is 1200. The monoisotopic (exact) mass is 445 g/mol. The van der Waals surface area contributed by atoms with Crippen molar-refractivity contribution in [3.05, 3.63) is 63.2 Å². The first-order valence-corrected chi connectivity index (χ1v) is 10.5. The second-order valence-corrected chi connectivity index (χ2v) is 8.34. The summed E-state index contributed by atoms with van der Waals surface area (Å²) in [6.45, 7) is 5.24. The van der Waals surface area contributed by atoms with Gasteiger partial charge in [0.2, 0.25) is 5.95 Å². The lowest BCUT2D eigenvalue weighted by Crippen LogP contribution is -2.14. The second kappa shape index (κ2) is 9.49. The van der Waals surface area contributed by atoms with Crippen LogP contribution in [0.15, 0.2) is 51.8 Å². The van der Waals surface area contributed by atoms with Crippen LogP contribution in [0.25, 0.3) is 21.9 Å². The number of H-pyrrole nitrogens is 1. The smallest absolute Gasteiger partial charge is 0.260 e. The van der Waals surface area contributed by atoms with Crippen LogP contribution in [-0.4, -0.2) is 19.5 Å². The van der Waals surface area contributed by atoms with E-state index < -0.39 is 0 Å². The summed E-state index contributed by atoms with van der Waals surface area (Å²) in [6.07, 6.45) is 9.58. The lowest BCUT2D eigenvalue weighted by atomic mass is 10.1. The van der Waals surface area contributed by atoms with E-state index in [0.717, 1.165) is 35.2 Å². The highest BCUT2D eigenvalue weighted by atomic mass is 35.5. The number of nitrogen functional groups attached to an aromatic ring is 1. The standard InChI is InChI=1S/C15H17N5O.C7H8Cl2/c1-20-12-10(18-15(20)16)7-6-9-11(12)14(21)19-13(17-9)8-4-2-3-5-8;1-3-4-7(9)5-6(2)8/h6-8H,2-5H2,1H3,(H2,16,18)(H,17,19,21);3-5H,1H2,2H3/b;6-5+,7-4+. The zero-order valence-corrected chi connectivity index (χ0v) is 18.6. The maximum Gasteiger partial charge on any atom is 0.260 e. The van der Waals surface area contributed by atoms with E-state index >= 15 is 0 Å². The van der Waals surface area contributed by atoms with Gasteiger partial charge in [-0.15, -0.1) is 0 Å². The van der Waals surface area contributed by atoms with Crippen molar-refractivity contribution in [2.75, 3.05) is 5.73 Å². The number of halogens is 2. The molecule has 0 aliphatic heterocycles. The van der Waals surface area contributed by atoms with Crippen LogP contribution >= 0.6 is 23.2 Å². The van der Waals surface area contributed by atoms with Crippen LogP contribution in [-0.2, 0) is 7.05 Å². The van der Waals surface area contributed by atoms with E-state index in [4.69, 9.17) is 28.9 Å². The Morgan fingerprint density at radius 1 is 1.27 bits per heavy atom. The van der Waals surface area contributed by atoms with Gasteiger partial charge < -0.3 is 15.3 Å². The van der Waals surface area contributed by atoms with E-state index in [-0.39, 0.29) is 5.56 Å². The molecule has 0 saturated heterocycles. The number of fused-ring (bicyclic) bond motifs is 3. The molecular weight excluding hydrogens is 421 g/mol. The molecule has 0 unspecified atom stereocenters. The summed E-state index contributed by atoms with van der Waals surface area (Å²) < 4.78 is 1.74. The number of nitrogens with two attached hydrogens (primary N) is 1. The molecule has 8 heteroatoms. The van der Waals surface area contributed by atoms with E-state index in [1.54, 1.807) is 29.7 Å². The molecule has 0 amide bonds. The summed E-state index contributed by atoms with van der Waals surface area (Å²) in [6, 6.07) is 3.73. The highest BCUT2D eigenvalue weighted by Gasteiger charge is 2.21. The molecule has 1 aromatic carbocycles. The van der Waals surface area contributed by atoms with E-state index in [1.165, 1.54) is 12.8 Å². The van der Waals surface area contributed by atoms with Crippen LogP contribution in [0.3, 0.4) is 0 Å². The number of nitrogens with zero attached hydrogens (tertiary/aromatic N) is 3. The molecule has 1 aliphatic rings. The third kappa shape index (κ3) is 4.77. The van der Waals surface area contributed by atoms with Gasteiger partial charge in [0.25, 0.3) is 5.56 Å². The Kier molecular flexibility index (Phi) is 7.00. The first-order chi connectivity index (χ1) is 14.3. The van der Waals surface area contributed by atoms with Gasteiger partial charge in [0, 0.05) is 23.0 Å². The molecule has 1 fully saturated rings. The lowest BCUT2D eigenvalue weighted by Gasteiger charge is -2.09. The van der Waals surface area contributed by atoms with Crippen molar-refractivity contribution in [3.8, 4) is 0 Å². The summed E-state index contributed by atoms with van der Waals surface area (Å²) in [7, 11) is 1.81. The number of aromatic amines is 1. The van der Waals surface area contributed by atoms with Gasteiger partial charge in [-0.1, -0.05) is 48.7 Å². The number of nitrogens with one attached hydrogen (secondary N) is 1. The molecule has 0 spiro atoms. The SMILES string of the molecule is C=C/C=C(Cl)\C=C(/C)Cl.Cn1c(N)nc2ccc3nc(C4CCCC4)[nH]c(=O)c3c21. The maximum absolute atomic E-state index is 12.6. The zero-order valence-electron chi connectivity index (χ0n) is 17.1. The van der Waals surface area contributed by atoms with Crippen molar-refractivity contribution in [1.29, 1.82) is 0 Å². The average molecular weight is 446 g/mol. The number of anilines is 1. The number of imidazole rings is 1. The van der Waals surface area contributed by atoms with Crippen molar-refractivity contribution in [1.82, 2.24) is 19.5 Å². The molecule has 4 rings (SSSR count). The van der Waals surface area contributed by atoms with Crippen LogP contribution in [0, 0.1) is 0 Å². The Morgan fingerprint density at radius 3 is 2.57 bits per heavy atom. The highest BCUT2D eigenvalue weighted by molar-refractivity contribution is 6.34. The van der Waals surface area contributed by atoms with Crippen molar-refractivity contribution in [3.63, 3.8) is 0 Å². The second-order valence-electron chi connectivity index (χ2n) is 7.31. The van der Waals surface area contributed by atoms with Gasteiger partial charge in [-0.2, -0.15) is 0 Å². The summed E-state index contributed by atoms with van der Waals surface area (Å²) in [5.74, 6) is 1.60. The molecule has 158 valence electrons. The number of hydrogen-bond donors (Lipinski definition) is 2. The molecule has 0 radical (unpaired) electrons. The highest BCUT2D eigenvalue weighted by Crippen LogP contribution is 2.32. The minimum Gasteiger partial charge on any atom is -0.369 e. The third-order valence-corrected chi connectivity index (χ3v) is 5.46. The fourth-order valence-corrected chi connectivity index (χ4v) is 4.14. The van der Waals surface area contributed by atoms with Crippen molar-refractivity contribution in [2.24, 2.45) is 7.05 Å². The fourth-order valence-electron chi connectivity index (χ4n) is 3.71. The summed E-state index contributed by atoms with van der Waals surface area (Å²) in [4.78, 5) is 24.5. The third-order valence-electron chi connectivity index (χ3n) is 5.11. The molecule has 1 saturated carbocycles. The molecule has 2 aromatic heterocycles. The van der Waals surface area contributed by atoms with E-state index in [1.807, 2.05) is 19.2 Å². The van der Waals surface area contributed by atoms with Crippen LogP contribution < -0.4 is 11.3 Å². The van der Waals surface area contributed by atoms with Crippen LogP contribution in [0.5, 0.6) is 0 Å². The Balaban J connectivity index is 0.000000244. The van der Waals surface area contributed by atoms with Crippen molar-refractivity contribution in [2.45, 2.75) is 38.5 Å². The molecule has 2 heterocycles.